The molecule has 2 N–H and O–H groups in total. The average Bonchev–Trinajstić information content (AvgIpc) is 2.89. The maximum absolute atomic E-state index is 11.7. The quantitative estimate of drug-likeness (QED) is 0.855. The van der Waals surface area contributed by atoms with Crippen molar-refractivity contribution in [1.82, 2.24) is 5.32 Å². The van der Waals surface area contributed by atoms with Crippen LogP contribution in [0, 0.1) is 0 Å². The van der Waals surface area contributed by atoms with Crippen molar-refractivity contribution in [2.24, 2.45) is 0 Å². The van der Waals surface area contributed by atoms with E-state index in [2.05, 4.69) is 5.32 Å². The lowest BCUT2D eigenvalue weighted by molar-refractivity contribution is 0.0924. The van der Waals surface area contributed by atoms with E-state index in [-0.39, 0.29) is 12.5 Å². The number of carbonyl (C=O) groups excluding carboxylic acids is 1. The normalized spacial score (nSPS) is 17.2. The van der Waals surface area contributed by atoms with Crippen LogP contribution in [0.5, 0.6) is 5.75 Å². The van der Waals surface area contributed by atoms with Gasteiger partial charge in [0, 0.05) is 12.1 Å². The monoisotopic (exact) mass is 263 g/mol. The van der Waals surface area contributed by atoms with Gasteiger partial charge in [-0.05, 0) is 56.9 Å². The van der Waals surface area contributed by atoms with Crippen LogP contribution in [0.3, 0.4) is 0 Å². The first-order valence-corrected chi connectivity index (χ1v) is 6.88. The molecule has 1 fully saturated rings. The molecule has 0 bridgehead atoms. The number of aliphatic hydroxyl groups excluding tert-OH is 1. The van der Waals surface area contributed by atoms with Crippen molar-refractivity contribution in [2.45, 2.75) is 44.8 Å². The van der Waals surface area contributed by atoms with Crippen LogP contribution in [0.25, 0.3) is 0 Å². The van der Waals surface area contributed by atoms with Gasteiger partial charge in [-0.3, -0.25) is 4.79 Å². The molecule has 1 aliphatic carbocycles. The third kappa shape index (κ3) is 4.24. The first-order valence-electron chi connectivity index (χ1n) is 6.88. The van der Waals surface area contributed by atoms with Gasteiger partial charge in [0.05, 0.1) is 12.2 Å². The molecule has 1 saturated carbocycles. The molecule has 0 unspecified atom stereocenters. The number of carbonyl (C=O) groups is 1. The number of nitrogens with one attached hydrogen (secondary N) is 1. The molecule has 0 aliphatic heterocycles. The highest BCUT2D eigenvalue weighted by molar-refractivity contribution is 5.94. The zero-order valence-electron chi connectivity index (χ0n) is 11.3. The minimum absolute atomic E-state index is 0.173. The fourth-order valence-corrected chi connectivity index (χ4v) is 2.23. The second-order valence-electron chi connectivity index (χ2n) is 5.11. The standard InChI is InChI=1S/C15H21NO3/c1-11(17)10-16-15(18)12-6-8-14(9-7-12)19-13-4-2-3-5-13/h6-9,11,13,17H,2-5,10H2,1H3,(H,16,18)/t11-/m0/s1. The first-order chi connectivity index (χ1) is 9.15. The Morgan fingerprint density at radius 3 is 2.58 bits per heavy atom. The van der Waals surface area contributed by atoms with Gasteiger partial charge in [-0.2, -0.15) is 0 Å². The Morgan fingerprint density at radius 1 is 1.37 bits per heavy atom. The molecule has 2 rings (SSSR count). The Morgan fingerprint density at radius 2 is 2.00 bits per heavy atom. The Labute approximate surface area is 113 Å². The summed E-state index contributed by atoms with van der Waals surface area (Å²) in [4.78, 5) is 11.7. The fraction of sp³-hybridized carbons (Fsp3) is 0.533. The van der Waals surface area contributed by atoms with Gasteiger partial charge in [0.25, 0.3) is 5.91 Å². The second kappa shape index (κ2) is 6.57. The van der Waals surface area contributed by atoms with Gasteiger partial charge in [-0.15, -0.1) is 0 Å². The lowest BCUT2D eigenvalue weighted by Crippen LogP contribution is -2.30. The van der Waals surface area contributed by atoms with Crippen molar-refractivity contribution in [3.8, 4) is 5.75 Å². The second-order valence-corrected chi connectivity index (χ2v) is 5.11. The van der Waals surface area contributed by atoms with Gasteiger partial charge >= 0.3 is 0 Å². The van der Waals surface area contributed by atoms with Gasteiger partial charge in [-0.25, -0.2) is 0 Å². The van der Waals surface area contributed by atoms with E-state index in [0.717, 1.165) is 18.6 Å². The number of amides is 1. The van der Waals surface area contributed by atoms with Gasteiger partial charge in [0.15, 0.2) is 0 Å². The molecule has 0 spiro atoms. The number of rotatable bonds is 5. The fourth-order valence-electron chi connectivity index (χ4n) is 2.23. The highest BCUT2D eigenvalue weighted by Crippen LogP contribution is 2.24. The highest BCUT2D eigenvalue weighted by atomic mass is 16.5. The smallest absolute Gasteiger partial charge is 0.251 e. The van der Waals surface area contributed by atoms with E-state index in [9.17, 15) is 4.79 Å². The Kier molecular flexibility index (Phi) is 4.80. The lowest BCUT2D eigenvalue weighted by Gasteiger charge is -2.13. The highest BCUT2D eigenvalue weighted by Gasteiger charge is 2.16. The maximum Gasteiger partial charge on any atom is 0.251 e. The van der Waals surface area contributed by atoms with Crippen molar-refractivity contribution >= 4 is 5.91 Å². The Hall–Kier alpha value is -1.55. The molecule has 19 heavy (non-hydrogen) atoms. The van der Waals surface area contributed by atoms with Gasteiger partial charge in [0.2, 0.25) is 0 Å². The van der Waals surface area contributed by atoms with E-state index in [0.29, 0.717) is 11.7 Å². The molecule has 0 heterocycles. The van der Waals surface area contributed by atoms with Crippen LogP contribution >= 0.6 is 0 Å². The van der Waals surface area contributed by atoms with E-state index in [4.69, 9.17) is 9.84 Å². The predicted octanol–water partition coefficient (Wildman–Crippen LogP) is 2.12. The SMILES string of the molecule is C[C@H](O)CNC(=O)c1ccc(OC2CCCC2)cc1. The van der Waals surface area contributed by atoms with Gasteiger partial charge in [-0.1, -0.05) is 0 Å². The van der Waals surface area contributed by atoms with Crippen molar-refractivity contribution in [2.75, 3.05) is 6.54 Å². The molecule has 4 heteroatoms. The number of aliphatic hydroxyl groups is 1. The molecule has 1 aromatic carbocycles. The molecule has 1 aliphatic rings. The topological polar surface area (TPSA) is 58.6 Å². The van der Waals surface area contributed by atoms with Crippen LogP contribution in [-0.4, -0.2) is 29.8 Å². The summed E-state index contributed by atoms with van der Waals surface area (Å²) in [5.41, 5.74) is 0.583. The molecule has 1 aromatic rings. The summed E-state index contributed by atoms with van der Waals surface area (Å²) in [5, 5.41) is 11.8. The van der Waals surface area contributed by atoms with Crippen molar-refractivity contribution in [3.63, 3.8) is 0 Å². The maximum atomic E-state index is 11.7. The van der Waals surface area contributed by atoms with Crippen LogP contribution < -0.4 is 10.1 Å². The largest absolute Gasteiger partial charge is 0.490 e. The van der Waals surface area contributed by atoms with Crippen LogP contribution in [0.4, 0.5) is 0 Å². The summed E-state index contributed by atoms with van der Waals surface area (Å²) < 4.78 is 5.84. The Balaban J connectivity index is 1.88. The van der Waals surface area contributed by atoms with Crippen molar-refractivity contribution in [1.29, 1.82) is 0 Å². The summed E-state index contributed by atoms with van der Waals surface area (Å²) >= 11 is 0. The van der Waals surface area contributed by atoms with E-state index in [1.165, 1.54) is 12.8 Å². The van der Waals surface area contributed by atoms with E-state index in [1.54, 1.807) is 19.1 Å². The van der Waals surface area contributed by atoms with Crippen LogP contribution in [0.2, 0.25) is 0 Å². The molecular weight excluding hydrogens is 242 g/mol. The molecular formula is C15H21NO3. The summed E-state index contributed by atoms with van der Waals surface area (Å²) in [6.45, 7) is 1.90. The minimum atomic E-state index is -0.533. The molecule has 0 radical (unpaired) electrons. The third-order valence-corrected chi connectivity index (χ3v) is 3.28. The Bertz CT molecular complexity index is 408. The summed E-state index contributed by atoms with van der Waals surface area (Å²) in [6.07, 6.45) is 4.52. The number of hydrogen-bond acceptors (Lipinski definition) is 3. The third-order valence-electron chi connectivity index (χ3n) is 3.28. The number of ether oxygens (including phenoxy) is 1. The molecule has 1 amide bonds. The first kappa shape index (κ1) is 13.9. The average molecular weight is 263 g/mol. The molecule has 0 saturated heterocycles. The van der Waals surface area contributed by atoms with E-state index >= 15 is 0 Å². The minimum Gasteiger partial charge on any atom is -0.490 e. The van der Waals surface area contributed by atoms with Gasteiger partial charge in [0.1, 0.15) is 5.75 Å². The zero-order chi connectivity index (χ0) is 13.7. The predicted molar refractivity (Wildman–Crippen MR) is 73.3 cm³/mol. The summed E-state index contributed by atoms with van der Waals surface area (Å²) in [5.74, 6) is 0.646. The molecule has 1 atom stereocenters. The zero-order valence-corrected chi connectivity index (χ0v) is 11.3. The summed E-state index contributed by atoms with van der Waals surface area (Å²) in [6, 6.07) is 7.16. The van der Waals surface area contributed by atoms with Crippen LogP contribution in [-0.2, 0) is 0 Å². The van der Waals surface area contributed by atoms with Gasteiger partial charge < -0.3 is 15.2 Å². The number of hydrogen-bond donors (Lipinski definition) is 2. The van der Waals surface area contributed by atoms with Crippen LogP contribution in [0.15, 0.2) is 24.3 Å². The lowest BCUT2D eigenvalue weighted by atomic mass is 10.2. The van der Waals surface area contributed by atoms with E-state index < -0.39 is 6.10 Å². The molecule has 4 nitrogen and oxygen atoms in total. The molecule has 0 aromatic heterocycles. The van der Waals surface area contributed by atoms with E-state index in [1.807, 2.05) is 12.1 Å². The summed E-state index contributed by atoms with van der Waals surface area (Å²) in [7, 11) is 0. The van der Waals surface area contributed by atoms with Crippen LogP contribution in [0.1, 0.15) is 43.0 Å². The number of benzene rings is 1. The molecule has 104 valence electrons. The van der Waals surface area contributed by atoms with Crippen molar-refractivity contribution in [3.05, 3.63) is 29.8 Å². The van der Waals surface area contributed by atoms with Crippen molar-refractivity contribution < 1.29 is 14.6 Å².